The zero-order valence-electron chi connectivity index (χ0n) is 11.2. The summed E-state index contributed by atoms with van der Waals surface area (Å²) in [6.07, 6.45) is 0. The standard InChI is InChI=1S/C13H15N5O2/c1-7(14-6-12-15-8(2)18-20-12)9-3-4-10-11(5-9)17-13(19)16-10/h3-5,7,14H,6H2,1-2H3,(H2,16,17,19). The van der Waals surface area contributed by atoms with Crippen molar-refractivity contribution in [1.82, 2.24) is 25.4 Å². The van der Waals surface area contributed by atoms with Crippen LogP contribution in [0.5, 0.6) is 0 Å². The van der Waals surface area contributed by atoms with Crippen LogP contribution < -0.4 is 11.0 Å². The number of nitrogens with one attached hydrogen (secondary N) is 3. The molecule has 0 aliphatic heterocycles. The van der Waals surface area contributed by atoms with Crippen LogP contribution in [0.25, 0.3) is 11.0 Å². The van der Waals surface area contributed by atoms with E-state index in [1.165, 1.54) is 0 Å². The Morgan fingerprint density at radius 3 is 2.90 bits per heavy atom. The summed E-state index contributed by atoms with van der Waals surface area (Å²) >= 11 is 0. The number of hydrogen-bond donors (Lipinski definition) is 3. The van der Waals surface area contributed by atoms with E-state index in [1.54, 1.807) is 6.92 Å². The molecule has 1 atom stereocenters. The number of aromatic amines is 2. The lowest BCUT2D eigenvalue weighted by Crippen LogP contribution is -2.18. The number of aryl methyl sites for hydroxylation is 1. The highest BCUT2D eigenvalue weighted by Gasteiger charge is 2.09. The van der Waals surface area contributed by atoms with E-state index in [-0.39, 0.29) is 11.7 Å². The Bertz CT molecular complexity index is 785. The molecule has 0 saturated carbocycles. The molecule has 3 rings (SSSR count). The Hall–Kier alpha value is -2.41. The van der Waals surface area contributed by atoms with E-state index in [0.717, 1.165) is 16.6 Å². The predicted octanol–water partition coefficient (Wildman–Crippen LogP) is 1.40. The first-order valence-corrected chi connectivity index (χ1v) is 6.36. The third-order valence-electron chi connectivity index (χ3n) is 3.17. The van der Waals surface area contributed by atoms with E-state index in [2.05, 4.69) is 25.4 Å². The van der Waals surface area contributed by atoms with Crippen LogP contribution in [0.2, 0.25) is 0 Å². The van der Waals surface area contributed by atoms with Crippen molar-refractivity contribution in [2.75, 3.05) is 0 Å². The number of rotatable bonds is 4. The SMILES string of the molecule is Cc1noc(CNC(C)c2ccc3[nH]c(=O)[nH]c3c2)n1. The molecule has 20 heavy (non-hydrogen) atoms. The summed E-state index contributed by atoms with van der Waals surface area (Å²) in [4.78, 5) is 20.8. The summed E-state index contributed by atoms with van der Waals surface area (Å²) < 4.78 is 5.05. The van der Waals surface area contributed by atoms with Gasteiger partial charge in [0.15, 0.2) is 5.82 Å². The molecule has 0 radical (unpaired) electrons. The average molecular weight is 273 g/mol. The van der Waals surface area contributed by atoms with Crippen molar-refractivity contribution in [3.8, 4) is 0 Å². The lowest BCUT2D eigenvalue weighted by molar-refractivity contribution is 0.357. The van der Waals surface area contributed by atoms with Crippen molar-refractivity contribution in [3.63, 3.8) is 0 Å². The average Bonchev–Trinajstić information content (AvgIpc) is 2.99. The van der Waals surface area contributed by atoms with E-state index in [9.17, 15) is 4.79 Å². The molecule has 104 valence electrons. The molecule has 2 aromatic heterocycles. The van der Waals surface area contributed by atoms with Gasteiger partial charge in [0.2, 0.25) is 5.89 Å². The van der Waals surface area contributed by atoms with Crippen LogP contribution in [-0.2, 0) is 6.54 Å². The van der Waals surface area contributed by atoms with E-state index < -0.39 is 0 Å². The van der Waals surface area contributed by atoms with E-state index >= 15 is 0 Å². The van der Waals surface area contributed by atoms with Gasteiger partial charge in [-0.15, -0.1) is 0 Å². The summed E-state index contributed by atoms with van der Waals surface area (Å²) in [6.45, 7) is 4.32. The maximum absolute atomic E-state index is 11.2. The van der Waals surface area contributed by atoms with Crippen molar-refractivity contribution in [3.05, 3.63) is 46.0 Å². The van der Waals surface area contributed by atoms with Gasteiger partial charge in [0.25, 0.3) is 0 Å². The molecule has 1 unspecified atom stereocenters. The normalized spacial score (nSPS) is 12.9. The lowest BCUT2D eigenvalue weighted by Gasteiger charge is -2.12. The number of nitrogens with zero attached hydrogens (tertiary/aromatic N) is 2. The summed E-state index contributed by atoms with van der Waals surface area (Å²) in [5.74, 6) is 1.19. The van der Waals surface area contributed by atoms with Gasteiger partial charge in [-0.05, 0) is 31.5 Å². The van der Waals surface area contributed by atoms with Gasteiger partial charge in [0.05, 0.1) is 17.6 Å². The van der Waals surface area contributed by atoms with Gasteiger partial charge >= 0.3 is 5.69 Å². The maximum atomic E-state index is 11.2. The molecule has 0 bridgehead atoms. The van der Waals surface area contributed by atoms with Crippen LogP contribution >= 0.6 is 0 Å². The molecular weight excluding hydrogens is 258 g/mol. The van der Waals surface area contributed by atoms with Crippen LogP contribution in [0.3, 0.4) is 0 Å². The largest absolute Gasteiger partial charge is 0.338 e. The van der Waals surface area contributed by atoms with E-state index in [1.807, 2.05) is 25.1 Å². The molecule has 7 nitrogen and oxygen atoms in total. The molecule has 3 aromatic rings. The molecule has 0 saturated heterocycles. The molecule has 2 heterocycles. The highest BCUT2D eigenvalue weighted by molar-refractivity contribution is 5.75. The molecule has 0 spiro atoms. The minimum atomic E-state index is -0.195. The molecule has 0 aliphatic rings. The second-order valence-electron chi connectivity index (χ2n) is 4.72. The van der Waals surface area contributed by atoms with Gasteiger partial charge in [-0.2, -0.15) is 4.98 Å². The molecular formula is C13H15N5O2. The smallest absolute Gasteiger partial charge is 0.323 e. The number of H-pyrrole nitrogens is 2. The molecule has 7 heteroatoms. The van der Waals surface area contributed by atoms with Gasteiger partial charge in [0, 0.05) is 6.04 Å². The third-order valence-corrected chi connectivity index (χ3v) is 3.17. The zero-order valence-corrected chi connectivity index (χ0v) is 11.2. The fourth-order valence-corrected chi connectivity index (χ4v) is 2.09. The topological polar surface area (TPSA) is 99.6 Å². The Morgan fingerprint density at radius 1 is 1.35 bits per heavy atom. The fraction of sp³-hybridized carbons (Fsp3) is 0.308. The highest BCUT2D eigenvalue weighted by Crippen LogP contribution is 2.17. The quantitative estimate of drug-likeness (QED) is 0.667. The van der Waals surface area contributed by atoms with Crippen LogP contribution in [0.15, 0.2) is 27.5 Å². The van der Waals surface area contributed by atoms with Crippen LogP contribution in [-0.4, -0.2) is 20.1 Å². The fourth-order valence-electron chi connectivity index (χ4n) is 2.09. The first kappa shape index (κ1) is 12.6. The minimum Gasteiger partial charge on any atom is -0.338 e. The summed E-state index contributed by atoms with van der Waals surface area (Å²) in [7, 11) is 0. The zero-order chi connectivity index (χ0) is 14.1. The Labute approximate surface area is 114 Å². The number of hydrogen-bond acceptors (Lipinski definition) is 5. The van der Waals surface area contributed by atoms with Crippen LogP contribution in [0.1, 0.15) is 30.2 Å². The summed E-state index contributed by atoms with van der Waals surface area (Å²) in [5.41, 5.74) is 2.48. The first-order chi connectivity index (χ1) is 9.61. The number of imidazole rings is 1. The van der Waals surface area contributed by atoms with Gasteiger partial charge in [-0.25, -0.2) is 4.79 Å². The second kappa shape index (κ2) is 4.93. The Kier molecular flexibility index (Phi) is 3.11. The summed E-state index contributed by atoms with van der Waals surface area (Å²) in [6, 6.07) is 5.91. The predicted molar refractivity (Wildman–Crippen MR) is 73.2 cm³/mol. The first-order valence-electron chi connectivity index (χ1n) is 6.36. The van der Waals surface area contributed by atoms with Crippen molar-refractivity contribution < 1.29 is 4.52 Å². The van der Waals surface area contributed by atoms with Crippen LogP contribution in [0.4, 0.5) is 0 Å². The van der Waals surface area contributed by atoms with Gasteiger partial charge < -0.3 is 19.8 Å². The van der Waals surface area contributed by atoms with Gasteiger partial charge in [0.1, 0.15) is 0 Å². The molecule has 0 aliphatic carbocycles. The van der Waals surface area contributed by atoms with Gasteiger partial charge in [-0.3, -0.25) is 0 Å². The van der Waals surface area contributed by atoms with Crippen molar-refractivity contribution >= 4 is 11.0 Å². The third kappa shape index (κ3) is 2.48. The number of benzene rings is 1. The minimum absolute atomic E-state index is 0.102. The molecule has 0 fully saturated rings. The number of aromatic nitrogens is 4. The van der Waals surface area contributed by atoms with Crippen molar-refractivity contribution in [1.29, 1.82) is 0 Å². The Balaban J connectivity index is 1.74. The lowest BCUT2D eigenvalue weighted by atomic mass is 10.1. The van der Waals surface area contributed by atoms with E-state index in [4.69, 9.17) is 4.52 Å². The molecule has 3 N–H and O–H groups in total. The molecule has 0 amide bonds. The molecule has 1 aromatic carbocycles. The van der Waals surface area contributed by atoms with Gasteiger partial charge in [-0.1, -0.05) is 11.2 Å². The maximum Gasteiger partial charge on any atom is 0.323 e. The van der Waals surface area contributed by atoms with Crippen LogP contribution in [0, 0.1) is 6.92 Å². The summed E-state index contributed by atoms with van der Waals surface area (Å²) in [5, 5.41) is 7.04. The van der Waals surface area contributed by atoms with E-state index in [0.29, 0.717) is 18.3 Å². The monoisotopic (exact) mass is 273 g/mol. The number of fused-ring (bicyclic) bond motifs is 1. The Morgan fingerprint density at radius 2 is 2.15 bits per heavy atom. The second-order valence-corrected chi connectivity index (χ2v) is 4.72. The highest BCUT2D eigenvalue weighted by atomic mass is 16.5. The van der Waals surface area contributed by atoms with Crippen molar-refractivity contribution in [2.45, 2.75) is 26.4 Å². The van der Waals surface area contributed by atoms with Crippen molar-refractivity contribution in [2.24, 2.45) is 0 Å².